The number of methoxy groups -OCH3 is 1. The first kappa shape index (κ1) is 31.1. The molecular weight excluding hydrogens is 608 g/mol. The van der Waals surface area contributed by atoms with Crippen LogP contribution in [-0.4, -0.2) is 97.2 Å². The summed E-state index contributed by atoms with van der Waals surface area (Å²) in [4.78, 5) is 28.0. The monoisotopic (exact) mass is 646 g/mol. The maximum absolute atomic E-state index is 12.4. The summed E-state index contributed by atoms with van der Waals surface area (Å²) in [6.45, 7) is 11.1. The van der Waals surface area contributed by atoms with Crippen molar-refractivity contribution in [3.8, 4) is 34.2 Å². The summed E-state index contributed by atoms with van der Waals surface area (Å²) in [5, 5.41) is 19.0. The minimum absolute atomic E-state index is 0.0717. The summed E-state index contributed by atoms with van der Waals surface area (Å²) in [7, 11) is 1.62. The van der Waals surface area contributed by atoms with E-state index in [-0.39, 0.29) is 12.1 Å². The Labute approximate surface area is 278 Å². The molecule has 0 atom stereocenters. The van der Waals surface area contributed by atoms with Crippen molar-refractivity contribution in [2.75, 3.05) is 51.3 Å². The maximum atomic E-state index is 12.4. The van der Waals surface area contributed by atoms with Crippen LogP contribution in [0, 0.1) is 11.3 Å². The molecule has 7 heterocycles. The van der Waals surface area contributed by atoms with Crippen molar-refractivity contribution in [1.82, 2.24) is 39.2 Å². The molecule has 0 aromatic carbocycles. The number of fused-ring (bicyclic) bond motifs is 1. The molecule has 2 aliphatic rings. The van der Waals surface area contributed by atoms with E-state index in [9.17, 15) is 10.1 Å². The van der Waals surface area contributed by atoms with Gasteiger partial charge in [-0.05, 0) is 44.5 Å². The van der Waals surface area contributed by atoms with Gasteiger partial charge in [0.2, 0.25) is 5.88 Å². The number of carbonyl (C=O) groups is 1. The summed E-state index contributed by atoms with van der Waals surface area (Å²) in [5.74, 6) is 1.55. The Balaban J connectivity index is 1.06. The van der Waals surface area contributed by atoms with E-state index in [4.69, 9.17) is 14.5 Å². The van der Waals surface area contributed by atoms with Crippen LogP contribution in [0.4, 0.5) is 10.6 Å². The van der Waals surface area contributed by atoms with Gasteiger partial charge in [0.1, 0.15) is 17.5 Å². The van der Waals surface area contributed by atoms with Crippen LogP contribution in [0.5, 0.6) is 5.88 Å². The lowest BCUT2D eigenvalue weighted by Crippen LogP contribution is -2.52. The molecule has 1 amide bonds. The van der Waals surface area contributed by atoms with Crippen molar-refractivity contribution in [2.24, 2.45) is 0 Å². The molecule has 0 spiro atoms. The third-order valence-electron chi connectivity index (χ3n) is 8.72. The zero-order valence-electron chi connectivity index (χ0n) is 27.6. The second-order valence-electron chi connectivity index (χ2n) is 13.2. The number of carbonyl (C=O) groups excluding carboxylic acids is 1. The molecule has 0 N–H and O–H groups in total. The first-order chi connectivity index (χ1) is 23.2. The summed E-state index contributed by atoms with van der Waals surface area (Å²) in [5.41, 5.74) is 5.45. The van der Waals surface area contributed by atoms with Crippen LogP contribution < -0.4 is 9.64 Å². The lowest BCUT2D eigenvalue weighted by atomic mass is 10.0. The summed E-state index contributed by atoms with van der Waals surface area (Å²) < 4.78 is 14.3. The highest BCUT2D eigenvalue weighted by Crippen LogP contribution is 2.33. The van der Waals surface area contributed by atoms with Gasteiger partial charge in [0.15, 0.2) is 0 Å². The van der Waals surface area contributed by atoms with Crippen LogP contribution in [0.2, 0.25) is 0 Å². The van der Waals surface area contributed by atoms with E-state index in [1.165, 1.54) is 0 Å². The molecule has 48 heavy (non-hydrogen) atoms. The quantitative estimate of drug-likeness (QED) is 0.246. The number of likely N-dealkylation sites (tertiary alicyclic amines) is 1. The van der Waals surface area contributed by atoms with Gasteiger partial charge in [-0.2, -0.15) is 15.5 Å². The van der Waals surface area contributed by atoms with E-state index in [1.807, 2.05) is 62.5 Å². The Morgan fingerprint density at radius 2 is 1.75 bits per heavy atom. The molecule has 246 valence electrons. The fourth-order valence-corrected chi connectivity index (χ4v) is 6.12. The topological polar surface area (TPSA) is 130 Å². The molecule has 0 saturated carbocycles. The minimum atomic E-state index is -0.530. The molecular formula is C35H38N10O3. The second-order valence-corrected chi connectivity index (χ2v) is 13.2. The molecule has 0 bridgehead atoms. The predicted octanol–water partition coefficient (Wildman–Crippen LogP) is 4.65. The van der Waals surface area contributed by atoms with Crippen molar-refractivity contribution < 1.29 is 14.3 Å². The fraction of sp³-hybridized carbons (Fsp3) is 0.371. The van der Waals surface area contributed by atoms with E-state index in [0.29, 0.717) is 24.5 Å². The van der Waals surface area contributed by atoms with Crippen LogP contribution in [-0.2, 0) is 11.3 Å². The highest BCUT2D eigenvalue weighted by atomic mass is 16.6. The molecule has 7 rings (SSSR count). The van der Waals surface area contributed by atoms with Gasteiger partial charge in [-0.1, -0.05) is 6.07 Å². The number of aromatic nitrogens is 6. The van der Waals surface area contributed by atoms with Crippen molar-refractivity contribution in [2.45, 2.75) is 39.0 Å². The van der Waals surface area contributed by atoms with Crippen molar-refractivity contribution in [3.05, 3.63) is 78.6 Å². The summed E-state index contributed by atoms with van der Waals surface area (Å²) in [6, 6.07) is 12.5. The van der Waals surface area contributed by atoms with Gasteiger partial charge >= 0.3 is 6.09 Å². The van der Waals surface area contributed by atoms with Crippen LogP contribution in [0.15, 0.2) is 67.5 Å². The van der Waals surface area contributed by atoms with Gasteiger partial charge < -0.3 is 19.3 Å². The third-order valence-corrected chi connectivity index (χ3v) is 8.72. The van der Waals surface area contributed by atoms with Crippen molar-refractivity contribution in [1.29, 1.82) is 5.26 Å². The Morgan fingerprint density at radius 1 is 0.938 bits per heavy atom. The third kappa shape index (κ3) is 6.39. The predicted molar refractivity (Wildman–Crippen MR) is 179 cm³/mol. The Bertz CT molecular complexity index is 1960. The molecule has 2 saturated heterocycles. The van der Waals surface area contributed by atoms with Gasteiger partial charge in [-0.15, -0.1) is 0 Å². The van der Waals surface area contributed by atoms with Crippen LogP contribution >= 0.6 is 0 Å². The number of nitriles is 1. The number of pyridine rings is 3. The highest BCUT2D eigenvalue weighted by Gasteiger charge is 2.35. The zero-order chi connectivity index (χ0) is 33.4. The first-order valence-electron chi connectivity index (χ1n) is 16.0. The maximum Gasteiger partial charge on any atom is 0.410 e. The number of amides is 1. The smallest absolute Gasteiger partial charge is 0.410 e. The van der Waals surface area contributed by atoms with Crippen LogP contribution in [0.3, 0.4) is 0 Å². The zero-order valence-corrected chi connectivity index (χ0v) is 27.6. The molecule has 2 fully saturated rings. The Hall–Kier alpha value is -5.48. The standard InChI is InChI=1S/C35H38N10O3/c1-35(2,3)48-34(46)43-22-29(23-43)44-21-28(18-39-44)26-13-30(33-27(14-36)17-40-45(33)20-26)25-6-7-31(37-16-25)42-11-9-41(10-12-42)19-24-5-8-32(47-4)38-15-24/h5-8,13,15-18,20-21,29H,9-12,19,22-23H2,1-4H3. The number of hydrogen-bond donors (Lipinski definition) is 0. The largest absolute Gasteiger partial charge is 0.481 e. The molecule has 0 radical (unpaired) electrons. The summed E-state index contributed by atoms with van der Waals surface area (Å²) >= 11 is 0. The second kappa shape index (κ2) is 12.6. The van der Waals surface area contributed by atoms with Gasteiger partial charge in [0.05, 0.1) is 36.6 Å². The average molecular weight is 647 g/mol. The Morgan fingerprint density at radius 3 is 2.42 bits per heavy atom. The lowest BCUT2D eigenvalue weighted by Gasteiger charge is -2.39. The minimum Gasteiger partial charge on any atom is -0.481 e. The van der Waals surface area contributed by atoms with Gasteiger partial charge in [-0.25, -0.2) is 19.3 Å². The van der Waals surface area contributed by atoms with E-state index in [2.05, 4.69) is 55.3 Å². The molecule has 13 heteroatoms. The number of anilines is 1. The number of piperazine rings is 1. The van der Waals surface area contributed by atoms with E-state index < -0.39 is 5.60 Å². The number of nitrogens with zero attached hydrogens (tertiary/aromatic N) is 10. The lowest BCUT2D eigenvalue weighted by molar-refractivity contribution is -0.000385. The number of ether oxygens (including phenoxy) is 2. The van der Waals surface area contributed by atoms with Crippen LogP contribution in [0.1, 0.15) is 37.9 Å². The van der Waals surface area contributed by atoms with Crippen molar-refractivity contribution in [3.63, 3.8) is 0 Å². The van der Waals surface area contributed by atoms with Gasteiger partial charge in [0, 0.05) is 98.9 Å². The van der Waals surface area contributed by atoms with E-state index >= 15 is 0 Å². The summed E-state index contributed by atoms with van der Waals surface area (Å²) in [6.07, 6.45) is 10.8. The molecule has 5 aromatic heterocycles. The van der Waals surface area contributed by atoms with Gasteiger partial charge in [-0.3, -0.25) is 9.58 Å². The average Bonchev–Trinajstić information content (AvgIpc) is 3.71. The first-order valence-corrected chi connectivity index (χ1v) is 16.0. The number of hydrogen-bond acceptors (Lipinski definition) is 10. The molecule has 0 aliphatic carbocycles. The van der Waals surface area contributed by atoms with E-state index in [1.54, 1.807) is 22.7 Å². The molecule has 5 aromatic rings. The van der Waals surface area contributed by atoms with E-state index in [0.717, 1.165) is 71.9 Å². The SMILES string of the molecule is COc1ccc(CN2CCN(c3ccc(-c4cc(-c5cnn(C6CN(C(=O)OC(C)(C)C)C6)c5)cn5ncc(C#N)c45)cn3)CC2)cn1. The number of rotatable bonds is 7. The van der Waals surface area contributed by atoms with Crippen molar-refractivity contribution >= 4 is 17.4 Å². The Kier molecular flexibility index (Phi) is 8.18. The molecule has 0 unspecified atom stereocenters. The fourth-order valence-electron chi connectivity index (χ4n) is 6.12. The normalized spacial score (nSPS) is 15.7. The highest BCUT2D eigenvalue weighted by molar-refractivity contribution is 5.87. The van der Waals surface area contributed by atoms with Gasteiger partial charge in [0.25, 0.3) is 0 Å². The van der Waals surface area contributed by atoms with Crippen LogP contribution in [0.25, 0.3) is 27.8 Å². The molecule has 2 aliphatic heterocycles. The molecule has 13 nitrogen and oxygen atoms in total.